The summed E-state index contributed by atoms with van der Waals surface area (Å²) >= 11 is 12.1. The average Bonchev–Trinajstić information content (AvgIpc) is 2.46. The quantitative estimate of drug-likeness (QED) is 0.899. The van der Waals surface area contributed by atoms with Gasteiger partial charge in [-0.1, -0.05) is 23.2 Å². The molecule has 0 fully saturated rings. The van der Waals surface area contributed by atoms with Crippen LogP contribution in [-0.4, -0.2) is 15.6 Å². The highest BCUT2D eigenvalue weighted by Crippen LogP contribution is 2.33. The second-order valence-corrected chi connectivity index (χ2v) is 4.39. The van der Waals surface area contributed by atoms with Crippen LogP contribution in [0.4, 0.5) is 0 Å². The molecule has 0 unspecified atom stereocenters. The summed E-state index contributed by atoms with van der Waals surface area (Å²) in [6.45, 7) is 0. The lowest BCUT2D eigenvalue weighted by molar-refractivity contribution is -0.136. The molecule has 16 heavy (non-hydrogen) atoms. The summed E-state index contributed by atoms with van der Waals surface area (Å²) in [6.07, 6.45) is 1.62. The Kier molecular flexibility index (Phi) is 2.82. The van der Waals surface area contributed by atoms with Crippen molar-refractivity contribution in [2.45, 2.75) is 6.42 Å². The molecule has 0 saturated heterocycles. The number of halogens is 2. The van der Waals surface area contributed by atoms with E-state index in [0.717, 1.165) is 10.9 Å². The van der Waals surface area contributed by atoms with E-state index < -0.39 is 5.97 Å². The zero-order valence-corrected chi connectivity index (χ0v) is 10.0. The molecule has 2 aromatic rings. The minimum atomic E-state index is -0.922. The number of carboxylic acid groups (broad SMARTS) is 1. The van der Waals surface area contributed by atoms with Gasteiger partial charge in [0.25, 0.3) is 0 Å². The number of nitrogens with zero attached hydrogens (tertiary/aromatic N) is 1. The molecule has 0 spiro atoms. The third kappa shape index (κ3) is 1.77. The fraction of sp³-hybridized carbons (Fsp3) is 0.182. The molecular formula is C11H9Cl2NO2. The smallest absolute Gasteiger partial charge is 0.307 e. The van der Waals surface area contributed by atoms with E-state index >= 15 is 0 Å². The maximum absolute atomic E-state index is 10.8. The molecule has 0 aliphatic rings. The van der Waals surface area contributed by atoms with E-state index in [1.807, 2.05) is 17.7 Å². The lowest BCUT2D eigenvalue weighted by Gasteiger charge is -2.04. The molecule has 84 valence electrons. The lowest BCUT2D eigenvalue weighted by atomic mass is 10.1. The number of hydrogen-bond donors (Lipinski definition) is 1. The van der Waals surface area contributed by atoms with Gasteiger partial charge < -0.3 is 9.67 Å². The molecule has 0 bridgehead atoms. The summed E-state index contributed by atoms with van der Waals surface area (Å²) in [7, 11) is 1.85. The van der Waals surface area contributed by atoms with Crippen LogP contribution in [-0.2, 0) is 18.3 Å². The molecule has 3 nitrogen and oxygen atoms in total. The second-order valence-electron chi connectivity index (χ2n) is 3.58. The van der Waals surface area contributed by atoms with Gasteiger partial charge in [0.1, 0.15) is 0 Å². The first-order valence-corrected chi connectivity index (χ1v) is 5.40. The molecule has 1 N–H and O–H groups in total. The number of rotatable bonds is 2. The minimum Gasteiger partial charge on any atom is -0.481 e. The fourth-order valence-corrected chi connectivity index (χ4v) is 2.38. The van der Waals surface area contributed by atoms with Crippen LogP contribution in [0.5, 0.6) is 0 Å². The summed E-state index contributed by atoms with van der Waals surface area (Å²) in [5.74, 6) is -0.922. The maximum atomic E-state index is 10.8. The molecule has 1 aromatic heterocycles. The van der Waals surface area contributed by atoms with Crippen molar-refractivity contribution < 1.29 is 9.90 Å². The van der Waals surface area contributed by atoms with Crippen molar-refractivity contribution >= 4 is 40.1 Å². The van der Waals surface area contributed by atoms with Crippen molar-refractivity contribution in [3.8, 4) is 0 Å². The highest BCUT2D eigenvalue weighted by Gasteiger charge is 2.15. The first-order valence-electron chi connectivity index (χ1n) is 4.64. The Morgan fingerprint density at radius 2 is 2.06 bits per heavy atom. The molecule has 0 radical (unpaired) electrons. The normalized spacial score (nSPS) is 10.9. The van der Waals surface area contributed by atoms with Crippen molar-refractivity contribution in [3.63, 3.8) is 0 Å². The third-order valence-electron chi connectivity index (χ3n) is 2.49. The van der Waals surface area contributed by atoms with Gasteiger partial charge >= 0.3 is 5.97 Å². The SMILES string of the molecule is Cn1cc(Cl)c2c(CC(=O)O)c(Cl)ccc21. The fourth-order valence-electron chi connectivity index (χ4n) is 1.80. The van der Waals surface area contributed by atoms with E-state index in [2.05, 4.69) is 0 Å². The molecule has 1 heterocycles. The predicted octanol–water partition coefficient (Wildman–Crippen LogP) is 3.11. The number of fused-ring (bicyclic) bond motifs is 1. The molecule has 5 heteroatoms. The van der Waals surface area contributed by atoms with Gasteiger partial charge in [-0.2, -0.15) is 0 Å². The Morgan fingerprint density at radius 1 is 1.38 bits per heavy atom. The Bertz CT molecular complexity index is 575. The summed E-state index contributed by atoms with van der Waals surface area (Å²) in [5.41, 5.74) is 1.45. The number of carbonyl (C=O) groups is 1. The standard InChI is InChI=1S/C11H9Cl2NO2/c1-14-5-8(13)11-6(4-10(15)16)7(12)2-3-9(11)14/h2-3,5H,4H2,1H3,(H,15,16). The van der Waals surface area contributed by atoms with Crippen LogP contribution in [0.25, 0.3) is 10.9 Å². The Balaban J connectivity index is 2.78. The van der Waals surface area contributed by atoms with Crippen molar-refractivity contribution in [1.82, 2.24) is 4.57 Å². The number of aliphatic carboxylic acids is 1. The molecular weight excluding hydrogens is 249 g/mol. The van der Waals surface area contributed by atoms with Crippen LogP contribution in [0.1, 0.15) is 5.56 Å². The summed E-state index contributed by atoms with van der Waals surface area (Å²) in [6, 6.07) is 3.52. The van der Waals surface area contributed by atoms with Gasteiger partial charge in [0.2, 0.25) is 0 Å². The number of aryl methyl sites for hydroxylation is 1. The highest BCUT2D eigenvalue weighted by molar-refractivity contribution is 6.38. The predicted molar refractivity (Wildman–Crippen MR) is 64.3 cm³/mol. The molecule has 0 saturated carbocycles. The number of carboxylic acids is 1. The monoisotopic (exact) mass is 257 g/mol. The largest absolute Gasteiger partial charge is 0.481 e. The summed E-state index contributed by atoms with van der Waals surface area (Å²) in [4.78, 5) is 10.8. The molecule has 0 aliphatic carbocycles. The zero-order chi connectivity index (χ0) is 11.9. The molecule has 0 amide bonds. The lowest BCUT2D eigenvalue weighted by Crippen LogP contribution is -2.01. The van der Waals surface area contributed by atoms with Crippen molar-refractivity contribution in [3.05, 3.63) is 33.9 Å². The Morgan fingerprint density at radius 3 is 2.69 bits per heavy atom. The third-order valence-corrected chi connectivity index (χ3v) is 3.13. The van der Waals surface area contributed by atoms with Crippen LogP contribution in [0.3, 0.4) is 0 Å². The van der Waals surface area contributed by atoms with Gasteiger partial charge in [-0.05, 0) is 17.7 Å². The van der Waals surface area contributed by atoms with Gasteiger partial charge in [0.05, 0.1) is 11.4 Å². The topological polar surface area (TPSA) is 42.2 Å². The van der Waals surface area contributed by atoms with Crippen LogP contribution < -0.4 is 0 Å². The van der Waals surface area contributed by atoms with Crippen molar-refractivity contribution in [2.24, 2.45) is 7.05 Å². The first kappa shape index (κ1) is 11.3. The van der Waals surface area contributed by atoms with Crippen LogP contribution in [0, 0.1) is 0 Å². The van der Waals surface area contributed by atoms with Gasteiger partial charge in [-0.3, -0.25) is 4.79 Å². The molecule has 0 atom stereocenters. The van der Waals surface area contributed by atoms with Gasteiger partial charge in [0, 0.05) is 29.2 Å². The van der Waals surface area contributed by atoms with E-state index in [4.69, 9.17) is 28.3 Å². The molecule has 1 aromatic carbocycles. The number of benzene rings is 1. The van der Waals surface area contributed by atoms with Crippen LogP contribution in [0.15, 0.2) is 18.3 Å². The van der Waals surface area contributed by atoms with Crippen molar-refractivity contribution in [2.75, 3.05) is 0 Å². The highest BCUT2D eigenvalue weighted by atomic mass is 35.5. The number of aromatic nitrogens is 1. The van der Waals surface area contributed by atoms with E-state index in [-0.39, 0.29) is 6.42 Å². The Labute approximate surface area is 102 Å². The van der Waals surface area contributed by atoms with Gasteiger partial charge in [-0.15, -0.1) is 0 Å². The van der Waals surface area contributed by atoms with E-state index in [1.165, 1.54) is 0 Å². The first-order chi connectivity index (χ1) is 7.50. The summed E-state index contributed by atoms with van der Waals surface area (Å²) in [5, 5.41) is 10.5. The Hall–Kier alpha value is -1.19. The van der Waals surface area contributed by atoms with Crippen LogP contribution in [0.2, 0.25) is 10.0 Å². The molecule has 0 aliphatic heterocycles. The maximum Gasteiger partial charge on any atom is 0.307 e. The zero-order valence-electron chi connectivity index (χ0n) is 8.50. The van der Waals surface area contributed by atoms with Crippen molar-refractivity contribution in [1.29, 1.82) is 0 Å². The van der Waals surface area contributed by atoms with Crippen LogP contribution >= 0.6 is 23.2 Å². The van der Waals surface area contributed by atoms with Gasteiger partial charge in [-0.25, -0.2) is 0 Å². The average molecular weight is 258 g/mol. The molecule has 2 rings (SSSR count). The number of hydrogen-bond acceptors (Lipinski definition) is 1. The van der Waals surface area contributed by atoms with E-state index in [9.17, 15) is 4.79 Å². The minimum absolute atomic E-state index is 0.125. The summed E-state index contributed by atoms with van der Waals surface area (Å²) < 4.78 is 1.85. The van der Waals surface area contributed by atoms with Gasteiger partial charge in [0.15, 0.2) is 0 Å². The van der Waals surface area contributed by atoms with E-state index in [1.54, 1.807) is 12.3 Å². The van der Waals surface area contributed by atoms with E-state index in [0.29, 0.717) is 15.6 Å². The second kappa shape index (κ2) is 4.00.